The van der Waals surface area contributed by atoms with Crippen molar-refractivity contribution < 1.29 is 19.1 Å². The molecule has 0 fully saturated rings. The molecule has 0 N–H and O–H groups in total. The number of carbonyl (C=O) groups is 2. The third kappa shape index (κ3) is 6.09. The van der Waals surface area contributed by atoms with E-state index in [1.165, 1.54) is 6.08 Å². The number of nitrogens with zero attached hydrogens (tertiary/aromatic N) is 1. The minimum atomic E-state index is -0.558. The van der Waals surface area contributed by atoms with Gasteiger partial charge in [0.1, 0.15) is 5.75 Å². The van der Waals surface area contributed by atoms with Gasteiger partial charge in [-0.15, -0.1) is 0 Å². The van der Waals surface area contributed by atoms with Crippen LogP contribution in [0.1, 0.15) is 18.1 Å². The van der Waals surface area contributed by atoms with Gasteiger partial charge in [0.15, 0.2) is 6.61 Å². The first-order valence-corrected chi connectivity index (χ1v) is 8.43. The van der Waals surface area contributed by atoms with E-state index in [-0.39, 0.29) is 12.5 Å². The first-order chi connectivity index (χ1) is 12.6. The summed E-state index contributed by atoms with van der Waals surface area (Å²) in [5, 5.41) is 0. The quantitative estimate of drug-likeness (QED) is 0.540. The van der Waals surface area contributed by atoms with E-state index < -0.39 is 5.97 Å². The molecule has 0 atom stereocenters. The van der Waals surface area contributed by atoms with Crippen molar-refractivity contribution >= 4 is 18.0 Å². The van der Waals surface area contributed by atoms with Crippen LogP contribution in [-0.2, 0) is 20.9 Å². The molecule has 0 aliphatic heterocycles. The molecule has 2 aromatic rings. The van der Waals surface area contributed by atoms with Gasteiger partial charge in [0.2, 0.25) is 0 Å². The SMILES string of the molecule is CCN(Cc1ccccc1)C(=O)COC(=O)/C=C/c1cccc(OC)c1. The van der Waals surface area contributed by atoms with Gasteiger partial charge in [0.25, 0.3) is 5.91 Å². The largest absolute Gasteiger partial charge is 0.497 e. The fraction of sp³-hybridized carbons (Fsp3) is 0.238. The van der Waals surface area contributed by atoms with E-state index in [9.17, 15) is 9.59 Å². The van der Waals surface area contributed by atoms with E-state index in [1.807, 2.05) is 55.5 Å². The Balaban J connectivity index is 1.84. The van der Waals surface area contributed by atoms with Gasteiger partial charge in [0.05, 0.1) is 7.11 Å². The molecule has 0 radical (unpaired) electrons. The lowest BCUT2D eigenvalue weighted by Crippen LogP contribution is -2.33. The molecule has 0 aliphatic rings. The van der Waals surface area contributed by atoms with Crippen LogP contribution in [0.2, 0.25) is 0 Å². The lowest BCUT2D eigenvalue weighted by molar-refractivity contribution is -0.148. The van der Waals surface area contributed by atoms with Gasteiger partial charge in [-0.3, -0.25) is 4.79 Å². The van der Waals surface area contributed by atoms with Crippen LogP contribution in [0.4, 0.5) is 0 Å². The van der Waals surface area contributed by atoms with Crippen LogP contribution >= 0.6 is 0 Å². The lowest BCUT2D eigenvalue weighted by Gasteiger charge is -2.20. The van der Waals surface area contributed by atoms with Crippen LogP contribution in [0, 0.1) is 0 Å². The Kier molecular flexibility index (Phi) is 7.43. The van der Waals surface area contributed by atoms with Gasteiger partial charge in [-0.25, -0.2) is 4.79 Å². The van der Waals surface area contributed by atoms with Crippen molar-refractivity contribution in [2.45, 2.75) is 13.5 Å². The third-order valence-electron chi connectivity index (χ3n) is 3.79. The van der Waals surface area contributed by atoms with Crippen LogP contribution < -0.4 is 4.74 Å². The second kappa shape index (κ2) is 10.0. The normalized spacial score (nSPS) is 10.5. The molecule has 0 aliphatic carbocycles. The smallest absolute Gasteiger partial charge is 0.331 e. The highest BCUT2D eigenvalue weighted by molar-refractivity contribution is 5.89. The molecule has 1 amide bonds. The average molecular weight is 353 g/mol. The minimum absolute atomic E-state index is 0.223. The summed E-state index contributed by atoms with van der Waals surface area (Å²) in [7, 11) is 1.58. The molecule has 0 unspecified atom stereocenters. The number of likely N-dealkylation sites (N-methyl/N-ethyl adjacent to an activating group) is 1. The zero-order valence-corrected chi connectivity index (χ0v) is 15.1. The number of hydrogen-bond acceptors (Lipinski definition) is 4. The Hall–Kier alpha value is -3.08. The van der Waals surface area contributed by atoms with Crippen molar-refractivity contribution in [2.24, 2.45) is 0 Å². The van der Waals surface area contributed by atoms with Crippen molar-refractivity contribution in [3.63, 3.8) is 0 Å². The number of amides is 1. The van der Waals surface area contributed by atoms with Gasteiger partial charge in [-0.05, 0) is 36.3 Å². The maximum absolute atomic E-state index is 12.2. The van der Waals surface area contributed by atoms with Crippen molar-refractivity contribution in [3.05, 3.63) is 71.8 Å². The monoisotopic (exact) mass is 353 g/mol. The highest BCUT2D eigenvalue weighted by Crippen LogP contribution is 2.13. The zero-order chi connectivity index (χ0) is 18.8. The third-order valence-corrected chi connectivity index (χ3v) is 3.79. The minimum Gasteiger partial charge on any atom is -0.497 e. The second-order valence-electron chi connectivity index (χ2n) is 5.61. The highest BCUT2D eigenvalue weighted by atomic mass is 16.5. The molecule has 136 valence electrons. The van der Waals surface area contributed by atoms with Crippen LogP contribution in [0.25, 0.3) is 6.08 Å². The number of hydrogen-bond donors (Lipinski definition) is 0. The molecular formula is C21H23NO4. The fourth-order valence-corrected chi connectivity index (χ4v) is 2.36. The van der Waals surface area contributed by atoms with Crippen LogP contribution in [-0.4, -0.2) is 37.0 Å². The van der Waals surface area contributed by atoms with Gasteiger partial charge < -0.3 is 14.4 Å². The highest BCUT2D eigenvalue weighted by Gasteiger charge is 2.13. The van der Waals surface area contributed by atoms with E-state index in [2.05, 4.69) is 0 Å². The molecular weight excluding hydrogens is 330 g/mol. The van der Waals surface area contributed by atoms with E-state index >= 15 is 0 Å². The van der Waals surface area contributed by atoms with Crippen LogP contribution in [0.15, 0.2) is 60.7 Å². The maximum Gasteiger partial charge on any atom is 0.331 e. The lowest BCUT2D eigenvalue weighted by atomic mass is 10.2. The van der Waals surface area contributed by atoms with Crippen LogP contribution in [0.3, 0.4) is 0 Å². The molecule has 0 aromatic heterocycles. The van der Waals surface area contributed by atoms with Crippen LogP contribution in [0.5, 0.6) is 5.75 Å². The second-order valence-corrected chi connectivity index (χ2v) is 5.61. The molecule has 2 rings (SSSR count). The molecule has 5 heteroatoms. The molecule has 0 bridgehead atoms. The number of rotatable bonds is 8. The molecule has 0 spiro atoms. The average Bonchev–Trinajstić information content (AvgIpc) is 2.69. The van der Waals surface area contributed by atoms with Crippen molar-refractivity contribution in [3.8, 4) is 5.75 Å². The van der Waals surface area contributed by atoms with Gasteiger partial charge >= 0.3 is 5.97 Å². The molecule has 5 nitrogen and oxygen atoms in total. The summed E-state index contributed by atoms with van der Waals surface area (Å²) in [4.78, 5) is 25.7. The van der Waals surface area contributed by atoms with Crippen molar-refractivity contribution in [1.29, 1.82) is 0 Å². The summed E-state index contributed by atoms with van der Waals surface area (Å²) < 4.78 is 10.2. The first-order valence-electron chi connectivity index (χ1n) is 8.43. The molecule has 0 saturated heterocycles. The number of esters is 1. The topological polar surface area (TPSA) is 55.8 Å². The van der Waals surface area contributed by atoms with Crippen molar-refractivity contribution in [1.82, 2.24) is 4.90 Å². The maximum atomic E-state index is 12.2. The fourth-order valence-electron chi connectivity index (χ4n) is 2.36. The molecule has 0 saturated carbocycles. The number of ether oxygens (including phenoxy) is 2. The predicted molar refractivity (Wildman–Crippen MR) is 101 cm³/mol. The van der Waals surface area contributed by atoms with E-state index in [4.69, 9.17) is 9.47 Å². The van der Waals surface area contributed by atoms with Gasteiger partial charge in [-0.2, -0.15) is 0 Å². The Morgan fingerprint density at radius 1 is 1.08 bits per heavy atom. The number of carbonyl (C=O) groups excluding carboxylic acids is 2. The Morgan fingerprint density at radius 2 is 1.85 bits per heavy atom. The standard InChI is InChI=1S/C21H23NO4/c1-3-22(15-18-8-5-4-6-9-18)20(23)16-26-21(24)13-12-17-10-7-11-19(14-17)25-2/h4-14H,3,15-16H2,1-2H3/b13-12+. The summed E-state index contributed by atoms with van der Waals surface area (Å²) in [6.07, 6.45) is 2.92. The van der Waals surface area contributed by atoms with Gasteiger partial charge in [-0.1, -0.05) is 42.5 Å². The summed E-state index contributed by atoms with van der Waals surface area (Å²) >= 11 is 0. The molecule has 0 heterocycles. The Labute approximate surface area is 153 Å². The Morgan fingerprint density at radius 3 is 2.54 bits per heavy atom. The van der Waals surface area contributed by atoms with E-state index in [0.717, 1.165) is 11.1 Å². The van der Waals surface area contributed by atoms with E-state index in [0.29, 0.717) is 18.8 Å². The Bertz CT molecular complexity index is 756. The summed E-state index contributed by atoms with van der Waals surface area (Å²) in [5.41, 5.74) is 1.85. The first kappa shape index (κ1) is 19.2. The number of benzene rings is 2. The summed E-state index contributed by atoms with van der Waals surface area (Å²) in [6, 6.07) is 17.0. The molecule has 2 aromatic carbocycles. The van der Waals surface area contributed by atoms with Gasteiger partial charge in [0, 0.05) is 19.2 Å². The zero-order valence-electron chi connectivity index (χ0n) is 15.1. The van der Waals surface area contributed by atoms with Crippen molar-refractivity contribution in [2.75, 3.05) is 20.3 Å². The summed E-state index contributed by atoms with van der Waals surface area (Å²) in [5.74, 6) is -0.0772. The number of methoxy groups -OCH3 is 1. The molecule has 26 heavy (non-hydrogen) atoms. The predicted octanol–water partition coefficient (Wildman–Crippen LogP) is 3.30. The van der Waals surface area contributed by atoms with E-state index in [1.54, 1.807) is 24.2 Å². The summed E-state index contributed by atoms with van der Waals surface area (Å²) in [6.45, 7) is 2.66.